The molecule has 0 fully saturated rings. The molecule has 8 heteroatoms. The first kappa shape index (κ1) is 22.7. The number of benzene rings is 2. The van der Waals surface area contributed by atoms with E-state index in [2.05, 4.69) is 5.32 Å². The van der Waals surface area contributed by atoms with Crippen molar-refractivity contribution >= 4 is 17.8 Å². The van der Waals surface area contributed by atoms with Gasteiger partial charge in [0.15, 0.2) is 13.2 Å². The second-order valence-electron chi connectivity index (χ2n) is 6.09. The van der Waals surface area contributed by atoms with Crippen LogP contribution in [0.5, 0.6) is 17.2 Å². The van der Waals surface area contributed by atoms with Crippen molar-refractivity contribution in [3.05, 3.63) is 54.6 Å². The van der Waals surface area contributed by atoms with Crippen LogP contribution >= 0.6 is 0 Å². The van der Waals surface area contributed by atoms with Crippen LogP contribution in [0.15, 0.2) is 54.6 Å². The van der Waals surface area contributed by atoms with Crippen molar-refractivity contribution in [1.82, 2.24) is 5.32 Å². The van der Waals surface area contributed by atoms with Crippen LogP contribution in [-0.2, 0) is 23.9 Å². The molecule has 0 spiro atoms. The molecule has 1 amide bonds. The van der Waals surface area contributed by atoms with Crippen molar-refractivity contribution in [2.24, 2.45) is 0 Å². The third kappa shape index (κ3) is 9.09. The standard InChI is InChI=1S/C22H25NO7/c1-2-27-21(25)9-6-14-23-20(24)15-29-22(26)16-28-17-10-12-19(13-11-17)30-18-7-4-3-5-8-18/h3-5,7-8,10-13H,2,6,9,14-16H2,1H3,(H,23,24). The van der Waals surface area contributed by atoms with Crippen molar-refractivity contribution in [3.8, 4) is 17.2 Å². The predicted molar refractivity (Wildman–Crippen MR) is 108 cm³/mol. The Balaban J connectivity index is 1.60. The van der Waals surface area contributed by atoms with Crippen molar-refractivity contribution in [1.29, 1.82) is 0 Å². The lowest BCUT2D eigenvalue weighted by Gasteiger charge is -2.09. The summed E-state index contributed by atoms with van der Waals surface area (Å²) in [7, 11) is 0. The fourth-order valence-corrected chi connectivity index (χ4v) is 2.30. The summed E-state index contributed by atoms with van der Waals surface area (Å²) in [6.07, 6.45) is 0.669. The van der Waals surface area contributed by atoms with Crippen molar-refractivity contribution in [2.45, 2.75) is 19.8 Å². The maximum Gasteiger partial charge on any atom is 0.344 e. The monoisotopic (exact) mass is 415 g/mol. The summed E-state index contributed by atoms with van der Waals surface area (Å²) in [6, 6.07) is 16.1. The zero-order chi connectivity index (χ0) is 21.6. The second-order valence-corrected chi connectivity index (χ2v) is 6.09. The van der Waals surface area contributed by atoms with E-state index in [-0.39, 0.29) is 19.0 Å². The van der Waals surface area contributed by atoms with Gasteiger partial charge in [-0.2, -0.15) is 0 Å². The van der Waals surface area contributed by atoms with Gasteiger partial charge in [-0.3, -0.25) is 9.59 Å². The molecular weight excluding hydrogens is 390 g/mol. The summed E-state index contributed by atoms with van der Waals surface area (Å²) in [5, 5.41) is 2.56. The average Bonchev–Trinajstić information content (AvgIpc) is 2.76. The summed E-state index contributed by atoms with van der Waals surface area (Å²) >= 11 is 0. The Labute approximate surface area is 175 Å². The minimum absolute atomic E-state index is 0.219. The normalized spacial score (nSPS) is 10.0. The zero-order valence-corrected chi connectivity index (χ0v) is 16.8. The molecule has 160 valence electrons. The quantitative estimate of drug-likeness (QED) is 0.420. The molecule has 2 rings (SSSR count). The van der Waals surface area contributed by atoms with Crippen LogP contribution in [0, 0.1) is 0 Å². The highest BCUT2D eigenvalue weighted by Gasteiger charge is 2.09. The number of amides is 1. The largest absolute Gasteiger partial charge is 0.482 e. The maximum atomic E-state index is 11.7. The summed E-state index contributed by atoms with van der Waals surface area (Å²) in [5.41, 5.74) is 0. The van der Waals surface area contributed by atoms with Gasteiger partial charge in [0.1, 0.15) is 17.2 Å². The fraction of sp³-hybridized carbons (Fsp3) is 0.318. The molecule has 0 aliphatic carbocycles. The number of hydrogen-bond acceptors (Lipinski definition) is 7. The highest BCUT2D eigenvalue weighted by Crippen LogP contribution is 2.23. The number of esters is 2. The van der Waals surface area contributed by atoms with E-state index in [1.165, 1.54) is 0 Å². The van der Waals surface area contributed by atoms with E-state index in [0.717, 1.165) is 0 Å². The molecule has 0 saturated carbocycles. The topological polar surface area (TPSA) is 100 Å². The highest BCUT2D eigenvalue weighted by atomic mass is 16.6. The number of carbonyl (C=O) groups is 3. The smallest absolute Gasteiger partial charge is 0.344 e. The van der Waals surface area contributed by atoms with E-state index in [4.69, 9.17) is 18.9 Å². The van der Waals surface area contributed by atoms with Crippen LogP contribution < -0.4 is 14.8 Å². The van der Waals surface area contributed by atoms with Crippen LogP contribution in [0.1, 0.15) is 19.8 Å². The van der Waals surface area contributed by atoms with Crippen LogP contribution in [0.25, 0.3) is 0 Å². The Morgan fingerprint density at radius 1 is 0.800 bits per heavy atom. The molecule has 0 aliphatic rings. The van der Waals surface area contributed by atoms with Crippen LogP contribution in [0.3, 0.4) is 0 Å². The number of hydrogen-bond donors (Lipinski definition) is 1. The molecule has 0 bridgehead atoms. The summed E-state index contributed by atoms with van der Waals surface area (Å²) in [5.74, 6) is 0.395. The Morgan fingerprint density at radius 3 is 2.17 bits per heavy atom. The molecule has 0 saturated heterocycles. The van der Waals surface area contributed by atoms with Gasteiger partial charge in [-0.25, -0.2) is 4.79 Å². The summed E-state index contributed by atoms with van der Waals surface area (Å²) in [6.45, 7) is 1.62. The molecule has 0 atom stereocenters. The lowest BCUT2D eigenvalue weighted by molar-refractivity contribution is -0.150. The van der Waals surface area contributed by atoms with E-state index in [0.29, 0.717) is 36.8 Å². The molecule has 0 unspecified atom stereocenters. The van der Waals surface area contributed by atoms with Gasteiger partial charge in [0, 0.05) is 13.0 Å². The van der Waals surface area contributed by atoms with Crippen LogP contribution in [0.4, 0.5) is 0 Å². The molecule has 0 heterocycles. The van der Waals surface area contributed by atoms with Gasteiger partial charge in [0.2, 0.25) is 0 Å². The number of rotatable bonds is 12. The van der Waals surface area contributed by atoms with Crippen LogP contribution in [-0.4, -0.2) is 44.2 Å². The minimum Gasteiger partial charge on any atom is -0.482 e. The van der Waals surface area contributed by atoms with E-state index in [1.807, 2.05) is 30.3 Å². The first-order chi connectivity index (χ1) is 14.6. The first-order valence-corrected chi connectivity index (χ1v) is 9.60. The van der Waals surface area contributed by atoms with Gasteiger partial charge in [-0.05, 0) is 49.7 Å². The van der Waals surface area contributed by atoms with Gasteiger partial charge in [0.25, 0.3) is 5.91 Å². The number of ether oxygens (including phenoxy) is 4. The molecule has 30 heavy (non-hydrogen) atoms. The fourth-order valence-electron chi connectivity index (χ4n) is 2.30. The van der Waals surface area contributed by atoms with Gasteiger partial charge in [-0.15, -0.1) is 0 Å². The number of nitrogens with one attached hydrogen (secondary N) is 1. The summed E-state index contributed by atoms with van der Waals surface area (Å²) < 4.78 is 20.6. The zero-order valence-electron chi connectivity index (χ0n) is 16.8. The molecule has 1 N–H and O–H groups in total. The lowest BCUT2D eigenvalue weighted by atomic mass is 10.3. The predicted octanol–water partition coefficient (Wildman–Crippen LogP) is 2.86. The molecule has 2 aromatic rings. The third-order valence-electron chi connectivity index (χ3n) is 3.71. The first-order valence-electron chi connectivity index (χ1n) is 9.60. The van der Waals surface area contributed by atoms with E-state index in [1.54, 1.807) is 31.2 Å². The molecule has 8 nitrogen and oxygen atoms in total. The van der Waals surface area contributed by atoms with Crippen molar-refractivity contribution in [3.63, 3.8) is 0 Å². The third-order valence-corrected chi connectivity index (χ3v) is 3.71. The lowest BCUT2D eigenvalue weighted by Crippen LogP contribution is -2.30. The van der Waals surface area contributed by atoms with E-state index < -0.39 is 18.5 Å². The Kier molecular flexibility index (Phi) is 9.72. The van der Waals surface area contributed by atoms with Crippen LogP contribution in [0.2, 0.25) is 0 Å². The van der Waals surface area contributed by atoms with Gasteiger partial charge in [0.05, 0.1) is 6.61 Å². The van der Waals surface area contributed by atoms with Crippen molar-refractivity contribution in [2.75, 3.05) is 26.4 Å². The molecule has 0 radical (unpaired) electrons. The second kappa shape index (κ2) is 12.8. The minimum atomic E-state index is -0.665. The Hall–Kier alpha value is -3.55. The molecule has 0 aromatic heterocycles. The molecule has 0 aliphatic heterocycles. The summed E-state index contributed by atoms with van der Waals surface area (Å²) in [4.78, 5) is 34.5. The maximum absolute atomic E-state index is 11.7. The Morgan fingerprint density at radius 2 is 1.47 bits per heavy atom. The molecular formula is C22H25NO7. The SMILES string of the molecule is CCOC(=O)CCCNC(=O)COC(=O)COc1ccc(Oc2ccccc2)cc1. The van der Waals surface area contributed by atoms with Gasteiger partial charge >= 0.3 is 11.9 Å². The number of carbonyl (C=O) groups excluding carboxylic acids is 3. The van der Waals surface area contributed by atoms with Crippen molar-refractivity contribution < 1.29 is 33.3 Å². The Bertz CT molecular complexity index is 806. The van der Waals surface area contributed by atoms with E-state index >= 15 is 0 Å². The van der Waals surface area contributed by atoms with Gasteiger partial charge < -0.3 is 24.3 Å². The average molecular weight is 415 g/mol. The van der Waals surface area contributed by atoms with Gasteiger partial charge in [-0.1, -0.05) is 18.2 Å². The molecule has 2 aromatic carbocycles. The highest BCUT2D eigenvalue weighted by molar-refractivity contribution is 5.80. The van der Waals surface area contributed by atoms with E-state index in [9.17, 15) is 14.4 Å². The number of para-hydroxylation sites is 1.